The second-order valence-corrected chi connectivity index (χ2v) is 3.82. The molecule has 0 spiro atoms. The van der Waals surface area contributed by atoms with Crippen LogP contribution in [0.3, 0.4) is 0 Å². The van der Waals surface area contributed by atoms with E-state index in [4.69, 9.17) is 15.1 Å². The van der Waals surface area contributed by atoms with Gasteiger partial charge in [-0.3, -0.25) is 0 Å². The summed E-state index contributed by atoms with van der Waals surface area (Å²) >= 11 is 0. The second-order valence-electron chi connectivity index (χ2n) is 3.82. The fourth-order valence-electron chi connectivity index (χ4n) is 1.97. The number of imidazole rings is 1. The molecule has 0 fully saturated rings. The maximum Gasteiger partial charge on any atom is 0.124 e. The van der Waals surface area contributed by atoms with Crippen LogP contribution < -0.4 is 4.74 Å². The smallest absolute Gasteiger partial charge is 0.124 e. The van der Waals surface area contributed by atoms with Gasteiger partial charge in [0.25, 0.3) is 0 Å². The summed E-state index contributed by atoms with van der Waals surface area (Å²) in [5.41, 5.74) is 1.71. The Morgan fingerprint density at radius 3 is 3.00 bits per heavy atom. The summed E-state index contributed by atoms with van der Waals surface area (Å²) in [5.74, 6) is 1.44. The van der Waals surface area contributed by atoms with Crippen molar-refractivity contribution in [3.8, 4) is 11.8 Å². The molecule has 1 aromatic carbocycles. The molecule has 0 amide bonds. The van der Waals surface area contributed by atoms with Crippen LogP contribution in [0, 0.1) is 11.3 Å². The number of ether oxygens (including phenoxy) is 1. The molecule has 5 nitrogen and oxygen atoms in total. The number of hydrogen-bond acceptors (Lipinski definition) is 4. The van der Waals surface area contributed by atoms with Gasteiger partial charge in [0.15, 0.2) is 0 Å². The Morgan fingerprint density at radius 2 is 2.33 bits per heavy atom. The molecule has 0 unspecified atom stereocenters. The fourth-order valence-corrected chi connectivity index (χ4v) is 1.97. The Labute approximate surface area is 105 Å². The predicted molar refractivity (Wildman–Crippen MR) is 67.3 cm³/mol. The summed E-state index contributed by atoms with van der Waals surface area (Å²) in [5, 5.41) is 17.9. The molecule has 0 atom stereocenters. The summed E-state index contributed by atoms with van der Waals surface area (Å²) in [6.45, 7) is 3.00. The Hall–Kier alpha value is -2.06. The van der Waals surface area contributed by atoms with Crippen molar-refractivity contribution in [2.75, 3.05) is 13.2 Å². The zero-order valence-corrected chi connectivity index (χ0v) is 10.3. The Morgan fingerprint density at radius 1 is 1.50 bits per heavy atom. The third-order valence-electron chi connectivity index (χ3n) is 2.67. The summed E-state index contributed by atoms with van der Waals surface area (Å²) < 4.78 is 7.29. The lowest BCUT2D eigenvalue weighted by Crippen LogP contribution is -2.06. The van der Waals surface area contributed by atoms with Gasteiger partial charge in [-0.1, -0.05) is 0 Å². The van der Waals surface area contributed by atoms with Crippen molar-refractivity contribution in [1.82, 2.24) is 9.55 Å². The van der Waals surface area contributed by atoms with Crippen molar-refractivity contribution in [3.63, 3.8) is 0 Å². The van der Waals surface area contributed by atoms with Crippen molar-refractivity contribution in [2.24, 2.45) is 0 Å². The molecule has 1 N–H and O–H groups in total. The zero-order chi connectivity index (χ0) is 13.0. The molecule has 2 rings (SSSR count). The molecule has 0 aliphatic carbocycles. The van der Waals surface area contributed by atoms with E-state index in [0.717, 1.165) is 16.8 Å². The van der Waals surface area contributed by atoms with Gasteiger partial charge in [-0.2, -0.15) is 5.26 Å². The van der Waals surface area contributed by atoms with Gasteiger partial charge in [0.05, 0.1) is 36.7 Å². The highest BCUT2D eigenvalue weighted by atomic mass is 16.5. The average Bonchev–Trinajstić information content (AvgIpc) is 2.68. The van der Waals surface area contributed by atoms with Gasteiger partial charge in [-0.15, -0.1) is 0 Å². The molecule has 18 heavy (non-hydrogen) atoms. The largest absolute Gasteiger partial charge is 0.494 e. The van der Waals surface area contributed by atoms with E-state index in [9.17, 15) is 0 Å². The van der Waals surface area contributed by atoms with Gasteiger partial charge in [-0.05, 0) is 19.1 Å². The average molecular weight is 245 g/mol. The molecule has 0 aliphatic heterocycles. The van der Waals surface area contributed by atoms with E-state index in [-0.39, 0.29) is 13.0 Å². The van der Waals surface area contributed by atoms with Crippen LogP contribution in [-0.4, -0.2) is 27.9 Å². The number of fused-ring (bicyclic) bond motifs is 1. The van der Waals surface area contributed by atoms with Gasteiger partial charge >= 0.3 is 0 Å². The van der Waals surface area contributed by atoms with Crippen LogP contribution in [-0.2, 0) is 13.0 Å². The van der Waals surface area contributed by atoms with Crippen molar-refractivity contribution < 1.29 is 9.84 Å². The third kappa shape index (κ3) is 2.29. The van der Waals surface area contributed by atoms with Crippen LogP contribution in [0.4, 0.5) is 0 Å². The highest BCUT2D eigenvalue weighted by Gasteiger charge is 2.10. The SMILES string of the molecule is CCOc1ccc2c(c1)nc(CC#N)n2CCO. The van der Waals surface area contributed by atoms with Crippen molar-refractivity contribution in [3.05, 3.63) is 24.0 Å². The van der Waals surface area contributed by atoms with E-state index in [2.05, 4.69) is 11.1 Å². The molecular formula is C13H15N3O2. The lowest BCUT2D eigenvalue weighted by molar-refractivity contribution is 0.276. The van der Waals surface area contributed by atoms with Crippen LogP contribution in [0.15, 0.2) is 18.2 Å². The number of aliphatic hydroxyl groups is 1. The number of aromatic nitrogens is 2. The van der Waals surface area contributed by atoms with Crippen LogP contribution in [0.2, 0.25) is 0 Å². The highest BCUT2D eigenvalue weighted by molar-refractivity contribution is 5.78. The molecule has 5 heteroatoms. The molecule has 0 aliphatic rings. The normalized spacial score (nSPS) is 10.5. The van der Waals surface area contributed by atoms with E-state index in [1.54, 1.807) is 0 Å². The molecule has 94 valence electrons. The lowest BCUT2D eigenvalue weighted by Gasteiger charge is -2.05. The highest BCUT2D eigenvalue weighted by Crippen LogP contribution is 2.22. The number of aliphatic hydroxyl groups excluding tert-OH is 1. The maximum absolute atomic E-state index is 9.07. The summed E-state index contributed by atoms with van der Waals surface area (Å²) in [4.78, 5) is 4.41. The topological polar surface area (TPSA) is 71.1 Å². The summed E-state index contributed by atoms with van der Waals surface area (Å²) in [6, 6.07) is 7.72. The first-order chi connectivity index (χ1) is 8.80. The second kappa shape index (κ2) is 5.52. The van der Waals surface area contributed by atoms with Gasteiger partial charge in [0, 0.05) is 12.6 Å². The van der Waals surface area contributed by atoms with E-state index in [1.807, 2.05) is 29.7 Å². The number of hydrogen-bond donors (Lipinski definition) is 1. The molecule has 0 bridgehead atoms. The van der Waals surface area contributed by atoms with Gasteiger partial charge in [0.1, 0.15) is 11.6 Å². The zero-order valence-electron chi connectivity index (χ0n) is 10.3. The number of nitriles is 1. The van der Waals surface area contributed by atoms with Crippen molar-refractivity contribution >= 4 is 11.0 Å². The summed E-state index contributed by atoms with van der Waals surface area (Å²) in [7, 11) is 0. The van der Waals surface area contributed by atoms with E-state index >= 15 is 0 Å². The molecule has 0 saturated heterocycles. The molecule has 0 radical (unpaired) electrons. The first-order valence-electron chi connectivity index (χ1n) is 5.90. The first-order valence-corrected chi connectivity index (χ1v) is 5.90. The van der Waals surface area contributed by atoms with Crippen LogP contribution >= 0.6 is 0 Å². The minimum atomic E-state index is 0.0249. The molecule has 2 aromatic rings. The van der Waals surface area contributed by atoms with Gasteiger partial charge < -0.3 is 14.4 Å². The number of rotatable bonds is 5. The Kier molecular flexibility index (Phi) is 3.80. The van der Waals surface area contributed by atoms with Crippen LogP contribution in [0.5, 0.6) is 5.75 Å². The number of benzene rings is 1. The van der Waals surface area contributed by atoms with E-state index in [0.29, 0.717) is 19.0 Å². The minimum Gasteiger partial charge on any atom is -0.494 e. The Balaban J connectivity index is 2.50. The van der Waals surface area contributed by atoms with Gasteiger partial charge in [-0.25, -0.2) is 4.98 Å². The standard InChI is InChI=1S/C13H15N3O2/c1-2-18-10-3-4-12-11(9-10)15-13(5-6-14)16(12)7-8-17/h3-4,9,17H,2,5,7-8H2,1H3. The molecule has 1 heterocycles. The van der Waals surface area contributed by atoms with E-state index in [1.165, 1.54) is 0 Å². The fraction of sp³-hybridized carbons (Fsp3) is 0.385. The van der Waals surface area contributed by atoms with Crippen LogP contribution in [0.1, 0.15) is 12.7 Å². The summed E-state index contributed by atoms with van der Waals surface area (Å²) in [6.07, 6.45) is 0.235. The predicted octanol–water partition coefficient (Wildman–Crippen LogP) is 1.49. The maximum atomic E-state index is 9.07. The van der Waals surface area contributed by atoms with Gasteiger partial charge in [0.2, 0.25) is 0 Å². The molecular weight excluding hydrogens is 230 g/mol. The third-order valence-corrected chi connectivity index (χ3v) is 2.67. The number of nitrogens with zero attached hydrogens (tertiary/aromatic N) is 3. The lowest BCUT2D eigenvalue weighted by atomic mass is 10.3. The first kappa shape index (κ1) is 12.4. The quantitative estimate of drug-likeness (QED) is 0.866. The molecule has 0 saturated carbocycles. The monoisotopic (exact) mass is 245 g/mol. The molecule has 1 aromatic heterocycles. The van der Waals surface area contributed by atoms with Crippen molar-refractivity contribution in [1.29, 1.82) is 5.26 Å². The minimum absolute atomic E-state index is 0.0249. The Bertz CT molecular complexity index is 584. The van der Waals surface area contributed by atoms with Crippen molar-refractivity contribution in [2.45, 2.75) is 19.9 Å². The van der Waals surface area contributed by atoms with Crippen LogP contribution in [0.25, 0.3) is 11.0 Å². The van der Waals surface area contributed by atoms with E-state index < -0.39 is 0 Å².